The number of rotatable bonds is 4. The molecular weight excluding hydrogens is 262 g/mol. The Kier molecular flexibility index (Phi) is 5.04. The molecule has 0 bridgehead atoms. The normalized spacial score (nSPS) is 23.0. The second-order valence-corrected chi connectivity index (χ2v) is 7.25. The zero-order valence-corrected chi connectivity index (χ0v) is 13.4. The van der Waals surface area contributed by atoms with E-state index in [1.165, 1.54) is 25.7 Å². The molecule has 2 N–H and O–H groups in total. The maximum atomic E-state index is 11.0. The van der Waals surface area contributed by atoms with Crippen LogP contribution in [0.4, 0.5) is 0 Å². The highest BCUT2D eigenvalue weighted by atomic mass is 16.4. The van der Waals surface area contributed by atoms with Crippen molar-refractivity contribution in [2.24, 2.45) is 11.3 Å². The third-order valence-corrected chi connectivity index (χ3v) is 4.62. The summed E-state index contributed by atoms with van der Waals surface area (Å²) in [5.41, 5.74) is 1.74. The molecule has 1 saturated carbocycles. The number of benzene rings is 1. The molecule has 3 nitrogen and oxygen atoms in total. The van der Waals surface area contributed by atoms with Gasteiger partial charge in [-0.05, 0) is 41.9 Å². The van der Waals surface area contributed by atoms with Gasteiger partial charge in [-0.1, -0.05) is 45.7 Å². The van der Waals surface area contributed by atoms with Crippen molar-refractivity contribution in [3.8, 4) is 0 Å². The average molecular weight is 289 g/mol. The van der Waals surface area contributed by atoms with Crippen molar-refractivity contribution in [3.05, 3.63) is 35.4 Å². The zero-order valence-electron chi connectivity index (χ0n) is 13.4. The Morgan fingerprint density at radius 1 is 1.29 bits per heavy atom. The first-order valence-corrected chi connectivity index (χ1v) is 7.93. The summed E-state index contributed by atoms with van der Waals surface area (Å²) in [4.78, 5) is 11.0. The van der Waals surface area contributed by atoms with Crippen LogP contribution >= 0.6 is 0 Å². The molecule has 1 aliphatic rings. The first-order valence-electron chi connectivity index (χ1n) is 7.93. The molecule has 0 saturated heterocycles. The van der Waals surface area contributed by atoms with E-state index in [2.05, 4.69) is 26.1 Å². The van der Waals surface area contributed by atoms with Gasteiger partial charge in [0.25, 0.3) is 0 Å². The van der Waals surface area contributed by atoms with Crippen LogP contribution in [0.2, 0.25) is 0 Å². The molecule has 1 aliphatic carbocycles. The number of carbonyl (C=O) groups is 1. The van der Waals surface area contributed by atoms with E-state index in [-0.39, 0.29) is 0 Å². The van der Waals surface area contributed by atoms with Crippen molar-refractivity contribution < 1.29 is 9.90 Å². The number of carboxylic acids is 1. The zero-order chi connectivity index (χ0) is 15.5. The lowest BCUT2D eigenvalue weighted by atomic mass is 9.69. The van der Waals surface area contributed by atoms with E-state index in [0.29, 0.717) is 22.9 Å². The monoisotopic (exact) mass is 289 g/mol. The van der Waals surface area contributed by atoms with E-state index in [9.17, 15) is 4.79 Å². The maximum absolute atomic E-state index is 11.0. The van der Waals surface area contributed by atoms with Gasteiger partial charge in [0.05, 0.1) is 5.56 Å². The molecule has 0 spiro atoms. The lowest BCUT2D eigenvalue weighted by molar-refractivity contribution is 0.0696. The van der Waals surface area contributed by atoms with E-state index in [1.807, 2.05) is 12.1 Å². The molecule has 0 radical (unpaired) electrons. The molecular formula is C18H27NO2. The lowest BCUT2D eigenvalue weighted by Crippen LogP contribution is -2.43. The van der Waals surface area contributed by atoms with Crippen LogP contribution in [0.1, 0.15) is 62.4 Å². The Bertz CT molecular complexity index is 490. The number of hydrogen-bond acceptors (Lipinski definition) is 2. The van der Waals surface area contributed by atoms with Gasteiger partial charge in [0.2, 0.25) is 0 Å². The molecule has 0 aliphatic heterocycles. The molecule has 1 aromatic rings. The van der Waals surface area contributed by atoms with E-state index in [0.717, 1.165) is 12.1 Å². The molecule has 3 heteroatoms. The van der Waals surface area contributed by atoms with Crippen LogP contribution in [0.25, 0.3) is 0 Å². The van der Waals surface area contributed by atoms with Crippen LogP contribution in [0.3, 0.4) is 0 Å². The predicted octanol–water partition coefficient (Wildman–Crippen LogP) is 4.08. The molecule has 1 fully saturated rings. The quantitative estimate of drug-likeness (QED) is 0.878. The minimum atomic E-state index is -0.859. The second-order valence-electron chi connectivity index (χ2n) is 7.25. The summed E-state index contributed by atoms with van der Waals surface area (Å²) in [5.74, 6) is -0.170. The van der Waals surface area contributed by atoms with E-state index in [4.69, 9.17) is 5.11 Å². The van der Waals surface area contributed by atoms with Gasteiger partial charge in [0, 0.05) is 12.6 Å². The van der Waals surface area contributed by atoms with Crippen molar-refractivity contribution in [2.75, 3.05) is 0 Å². The summed E-state index contributed by atoms with van der Waals surface area (Å²) >= 11 is 0. The highest BCUT2D eigenvalue weighted by Gasteiger charge is 2.33. The average Bonchev–Trinajstić information content (AvgIpc) is 2.45. The summed E-state index contributed by atoms with van der Waals surface area (Å²) in [5, 5.41) is 12.7. The third kappa shape index (κ3) is 4.31. The van der Waals surface area contributed by atoms with Crippen LogP contribution in [0.5, 0.6) is 0 Å². The first-order chi connectivity index (χ1) is 9.88. The van der Waals surface area contributed by atoms with Gasteiger partial charge >= 0.3 is 5.97 Å². The summed E-state index contributed by atoms with van der Waals surface area (Å²) in [6.07, 6.45) is 5.13. The van der Waals surface area contributed by atoms with Gasteiger partial charge in [-0.3, -0.25) is 0 Å². The van der Waals surface area contributed by atoms with Crippen molar-refractivity contribution >= 4 is 5.97 Å². The van der Waals surface area contributed by atoms with E-state index < -0.39 is 5.97 Å². The van der Waals surface area contributed by atoms with E-state index in [1.54, 1.807) is 12.1 Å². The van der Waals surface area contributed by atoms with Crippen LogP contribution in [0.15, 0.2) is 24.3 Å². The van der Waals surface area contributed by atoms with Crippen molar-refractivity contribution in [2.45, 2.75) is 59.0 Å². The van der Waals surface area contributed by atoms with Crippen LogP contribution in [-0.2, 0) is 6.54 Å². The molecule has 1 aromatic carbocycles. The number of aromatic carboxylic acids is 1. The standard InChI is InChI=1S/C18H27NO2/c1-18(2,3)15-9-4-5-10-16(15)19-12-13-7-6-8-14(11-13)17(20)21/h6-8,11,15-16,19H,4-5,9-10,12H2,1-3H3,(H,20,21). The smallest absolute Gasteiger partial charge is 0.335 e. The highest BCUT2D eigenvalue weighted by molar-refractivity contribution is 5.87. The Morgan fingerprint density at radius 3 is 2.67 bits per heavy atom. The van der Waals surface area contributed by atoms with Gasteiger partial charge in [-0.25, -0.2) is 4.79 Å². The van der Waals surface area contributed by atoms with Gasteiger partial charge in [-0.2, -0.15) is 0 Å². The highest BCUT2D eigenvalue weighted by Crippen LogP contribution is 2.38. The Balaban J connectivity index is 2.01. The van der Waals surface area contributed by atoms with Crippen LogP contribution in [0, 0.1) is 11.3 Å². The molecule has 2 unspecified atom stereocenters. The van der Waals surface area contributed by atoms with Gasteiger partial charge in [0.1, 0.15) is 0 Å². The minimum absolute atomic E-state index is 0.320. The SMILES string of the molecule is CC(C)(C)C1CCCCC1NCc1cccc(C(=O)O)c1. The predicted molar refractivity (Wildman–Crippen MR) is 85.4 cm³/mol. The van der Waals surface area contributed by atoms with Crippen molar-refractivity contribution in [3.63, 3.8) is 0 Å². The lowest BCUT2D eigenvalue weighted by Gasteiger charge is -2.41. The minimum Gasteiger partial charge on any atom is -0.478 e. The molecule has 0 aromatic heterocycles. The van der Waals surface area contributed by atoms with Crippen LogP contribution in [-0.4, -0.2) is 17.1 Å². The molecule has 0 heterocycles. The van der Waals surface area contributed by atoms with Crippen molar-refractivity contribution in [1.82, 2.24) is 5.32 Å². The number of carboxylic acid groups (broad SMARTS) is 1. The van der Waals surface area contributed by atoms with Gasteiger partial charge < -0.3 is 10.4 Å². The summed E-state index contributed by atoms with van der Waals surface area (Å²) in [6, 6.07) is 7.76. The van der Waals surface area contributed by atoms with Gasteiger partial charge in [0.15, 0.2) is 0 Å². The summed E-state index contributed by atoms with van der Waals surface area (Å²) in [6.45, 7) is 7.71. The third-order valence-electron chi connectivity index (χ3n) is 4.62. The first kappa shape index (κ1) is 16.0. The summed E-state index contributed by atoms with van der Waals surface area (Å²) in [7, 11) is 0. The number of nitrogens with one attached hydrogen (secondary N) is 1. The Labute approximate surface area is 127 Å². The maximum Gasteiger partial charge on any atom is 0.335 e. The fourth-order valence-electron chi connectivity index (χ4n) is 3.48. The van der Waals surface area contributed by atoms with Gasteiger partial charge in [-0.15, -0.1) is 0 Å². The van der Waals surface area contributed by atoms with Crippen LogP contribution < -0.4 is 5.32 Å². The van der Waals surface area contributed by atoms with E-state index >= 15 is 0 Å². The summed E-state index contributed by atoms with van der Waals surface area (Å²) < 4.78 is 0. The fourth-order valence-corrected chi connectivity index (χ4v) is 3.48. The topological polar surface area (TPSA) is 49.3 Å². The Hall–Kier alpha value is -1.35. The molecule has 21 heavy (non-hydrogen) atoms. The molecule has 2 rings (SSSR count). The largest absolute Gasteiger partial charge is 0.478 e. The molecule has 0 amide bonds. The van der Waals surface area contributed by atoms with Crippen molar-refractivity contribution in [1.29, 1.82) is 0 Å². The molecule has 2 atom stereocenters. The fraction of sp³-hybridized carbons (Fsp3) is 0.611. The Morgan fingerprint density at radius 2 is 2.00 bits per heavy atom. The second kappa shape index (κ2) is 6.61. The molecule has 116 valence electrons. The number of hydrogen-bond donors (Lipinski definition) is 2.